The Kier molecular flexibility index (Phi) is 6.05. The second-order valence-corrected chi connectivity index (χ2v) is 6.71. The molecular weight excluding hydrogens is 351 g/mol. The van der Waals surface area contributed by atoms with Crippen molar-refractivity contribution in [2.24, 2.45) is 13.0 Å². The summed E-state index contributed by atoms with van der Waals surface area (Å²) in [4.78, 5) is 29.9. The standard InChI is InChI=1S/C19H23FN4O3/c1-23-13-21-11-17(23)18(25)22-10-14-6-8-24(9-7-14)19(26)27-12-15-2-4-16(20)5-3-15/h2-5,11,13-14H,6-10,12H2,1H3,(H,22,25). The number of imidazole rings is 1. The molecule has 27 heavy (non-hydrogen) atoms. The number of likely N-dealkylation sites (tertiary alicyclic amines) is 1. The second kappa shape index (κ2) is 8.66. The number of hydrogen-bond acceptors (Lipinski definition) is 4. The molecule has 1 aliphatic rings. The average molecular weight is 374 g/mol. The van der Waals surface area contributed by atoms with Crippen molar-refractivity contribution in [1.82, 2.24) is 19.8 Å². The Morgan fingerprint density at radius 1 is 1.26 bits per heavy atom. The fourth-order valence-electron chi connectivity index (χ4n) is 3.04. The van der Waals surface area contributed by atoms with Gasteiger partial charge in [-0.15, -0.1) is 0 Å². The number of halogens is 1. The third-order valence-electron chi connectivity index (χ3n) is 4.75. The molecule has 2 aromatic rings. The molecule has 0 radical (unpaired) electrons. The molecule has 0 spiro atoms. The van der Waals surface area contributed by atoms with Gasteiger partial charge in [-0.05, 0) is 36.5 Å². The van der Waals surface area contributed by atoms with Crippen molar-refractivity contribution < 1.29 is 18.7 Å². The number of piperidine rings is 1. The number of benzene rings is 1. The molecule has 1 aromatic carbocycles. The Morgan fingerprint density at radius 3 is 2.59 bits per heavy atom. The minimum Gasteiger partial charge on any atom is -0.445 e. The van der Waals surface area contributed by atoms with Crippen LogP contribution >= 0.6 is 0 Å². The summed E-state index contributed by atoms with van der Waals surface area (Å²) in [5.41, 5.74) is 1.27. The first-order valence-corrected chi connectivity index (χ1v) is 8.93. The van der Waals surface area contributed by atoms with Crippen molar-refractivity contribution in [2.75, 3.05) is 19.6 Å². The number of carbonyl (C=O) groups excluding carboxylic acids is 2. The quantitative estimate of drug-likeness (QED) is 0.872. The molecule has 1 fully saturated rings. The van der Waals surface area contributed by atoms with Crippen LogP contribution in [-0.4, -0.2) is 46.1 Å². The zero-order valence-electron chi connectivity index (χ0n) is 15.2. The minimum absolute atomic E-state index is 0.125. The van der Waals surface area contributed by atoms with Crippen molar-refractivity contribution in [2.45, 2.75) is 19.4 Å². The van der Waals surface area contributed by atoms with Crippen LogP contribution in [-0.2, 0) is 18.4 Å². The van der Waals surface area contributed by atoms with E-state index in [4.69, 9.17) is 4.74 Å². The highest BCUT2D eigenvalue weighted by atomic mass is 19.1. The summed E-state index contributed by atoms with van der Waals surface area (Å²) in [5.74, 6) is -0.137. The van der Waals surface area contributed by atoms with Crippen LogP contribution in [0, 0.1) is 11.7 Å². The predicted molar refractivity (Wildman–Crippen MR) is 96.4 cm³/mol. The molecule has 0 unspecified atom stereocenters. The van der Waals surface area contributed by atoms with Gasteiger partial charge in [-0.3, -0.25) is 4.79 Å². The molecule has 0 saturated carbocycles. The maximum Gasteiger partial charge on any atom is 0.410 e. The molecule has 2 heterocycles. The SMILES string of the molecule is Cn1cncc1C(=O)NCC1CCN(C(=O)OCc2ccc(F)cc2)CC1. The molecule has 7 nitrogen and oxygen atoms in total. The number of nitrogens with zero attached hydrogens (tertiary/aromatic N) is 3. The highest BCUT2D eigenvalue weighted by molar-refractivity contribution is 5.92. The van der Waals surface area contributed by atoms with E-state index in [0.717, 1.165) is 18.4 Å². The summed E-state index contributed by atoms with van der Waals surface area (Å²) < 4.78 is 19.8. The van der Waals surface area contributed by atoms with Gasteiger partial charge in [0.2, 0.25) is 0 Å². The first-order valence-electron chi connectivity index (χ1n) is 8.93. The number of rotatable bonds is 5. The number of aryl methyl sites for hydroxylation is 1. The van der Waals surface area contributed by atoms with E-state index >= 15 is 0 Å². The van der Waals surface area contributed by atoms with Crippen molar-refractivity contribution in [3.8, 4) is 0 Å². The van der Waals surface area contributed by atoms with E-state index in [1.54, 1.807) is 35.0 Å². The van der Waals surface area contributed by atoms with Gasteiger partial charge in [0.15, 0.2) is 0 Å². The molecule has 1 saturated heterocycles. The monoisotopic (exact) mass is 374 g/mol. The van der Waals surface area contributed by atoms with E-state index in [1.807, 2.05) is 0 Å². The lowest BCUT2D eigenvalue weighted by Gasteiger charge is -2.31. The number of hydrogen-bond donors (Lipinski definition) is 1. The number of amides is 2. The lowest BCUT2D eigenvalue weighted by molar-refractivity contribution is 0.0799. The van der Waals surface area contributed by atoms with Crippen LogP contribution in [0.3, 0.4) is 0 Å². The summed E-state index contributed by atoms with van der Waals surface area (Å²) >= 11 is 0. The number of nitrogens with one attached hydrogen (secondary N) is 1. The van der Waals surface area contributed by atoms with E-state index in [1.165, 1.54) is 18.3 Å². The van der Waals surface area contributed by atoms with Crippen molar-refractivity contribution in [1.29, 1.82) is 0 Å². The first kappa shape index (κ1) is 18.9. The maximum absolute atomic E-state index is 12.9. The number of aromatic nitrogens is 2. The van der Waals surface area contributed by atoms with Crippen LogP contribution in [0.5, 0.6) is 0 Å². The summed E-state index contributed by atoms with van der Waals surface area (Å²) in [6.45, 7) is 1.88. The summed E-state index contributed by atoms with van der Waals surface area (Å²) in [5, 5.41) is 2.93. The molecule has 0 aliphatic carbocycles. The Balaban J connectivity index is 1.38. The van der Waals surface area contributed by atoms with Crippen molar-refractivity contribution >= 4 is 12.0 Å². The molecule has 1 N–H and O–H groups in total. The number of carbonyl (C=O) groups is 2. The third kappa shape index (κ3) is 5.06. The molecule has 3 rings (SSSR count). The molecule has 0 bridgehead atoms. The van der Waals surface area contributed by atoms with Gasteiger partial charge in [-0.25, -0.2) is 14.2 Å². The maximum atomic E-state index is 12.9. The first-order chi connectivity index (χ1) is 13.0. The summed E-state index contributed by atoms with van der Waals surface area (Å²) in [7, 11) is 1.78. The Hall–Kier alpha value is -2.90. The van der Waals surface area contributed by atoms with Gasteiger partial charge >= 0.3 is 6.09 Å². The normalized spacial score (nSPS) is 14.8. The Morgan fingerprint density at radius 2 is 1.96 bits per heavy atom. The van der Waals surface area contributed by atoms with E-state index in [-0.39, 0.29) is 24.4 Å². The van der Waals surface area contributed by atoms with Crippen molar-refractivity contribution in [3.63, 3.8) is 0 Å². The highest BCUT2D eigenvalue weighted by Gasteiger charge is 2.24. The van der Waals surface area contributed by atoms with E-state index in [9.17, 15) is 14.0 Å². The largest absolute Gasteiger partial charge is 0.445 e. The van der Waals surface area contributed by atoms with Gasteiger partial charge in [0.25, 0.3) is 5.91 Å². The van der Waals surface area contributed by atoms with Crippen LogP contribution in [0.15, 0.2) is 36.8 Å². The molecule has 144 valence electrons. The molecule has 2 amide bonds. The van der Waals surface area contributed by atoms with Crippen LogP contribution in [0.2, 0.25) is 0 Å². The Labute approximate surface area is 157 Å². The predicted octanol–water partition coefficient (Wildman–Crippen LogP) is 2.34. The molecule has 1 aromatic heterocycles. The molecular formula is C19H23FN4O3. The number of ether oxygens (including phenoxy) is 1. The zero-order valence-corrected chi connectivity index (χ0v) is 15.2. The smallest absolute Gasteiger partial charge is 0.410 e. The fraction of sp³-hybridized carbons (Fsp3) is 0.421. The van der Waals surface area contributed by atoms with Crippen LogP contribution in [0.25, 0.3) is 0 Å². The van der Waals surface area contributed by atoms with Crippen LogP contribution < -0.4 is 5.32 Å². The van der Waals surface area contributed by atoms with Gasteiger partial charge in [0.05, 0.1) is 12.5 Å². The van der Waals surface area contributed by atoms with Gasteiger partial charge in [-0.2, -0.15) is 0 Å². The Bertz CT molecular complexity index is 783. The summed E-state index contributed by atoms with van der Waals surface area (Å²) in [6.07, 6.45) is 4.37. The molecule has 1 aliphatic heterocycles. The highest BCUT2D eigenvalue weighted by Crippen LogP contribution is 2.18. The van der Waals surface area contributed by atoms with Gasteiger partial charge < -0.3 is 19.5 Å². The molecule has 0 atom stereocenters. The van der Waals surface area contributed by atoms with Gasteiger partial charge in [0, 0.05) is 26.7 Å². The minimum atomic E-state index is -0.364. The van der Waals surface area contributed by atoms with E-state index in [2.05, 4.69) is 10.3 Å². The fourth-order valence-corrected chi connectivity index (χ4v) is 3.04. The lowest BCUT2D eigenvalue weighted by atomic mass is 9.97. The topological polar surface area (TPSA) is 76.5 Å². The average Bonchev–Trinajstić information content (AvgIpc) is 3.12. The molecule has 8 heteroatoms. The van der Waals surface area contributed by atoms with E-state index in [0.29, 0.717) is 31.2 Å². The lowest BCUT2D eigenvalue weighted by Crippen LogP contribution is -2.41. The second-order valence-electron chi connectivity index (χ2n) is 6.71. The van der Waals surface area contributed by atoms with Crippen molar-refractivity contribution in [3.05, 3.63) is 53.9 Å². The third-order valence-corrected chi connectivity index (χ3v) is 4.75. The van der Waals surface area contributed by atoms with Crippen LogP contribution in [0.1, 0.15) is 28.9 Å². The van der Waals surface area contributed by atoms with Gasteiger partial charge in [0.1, 0.15) is 18.1 Å². The van der Waals surface area contributed by atoms with Gasteiger partial charge in [-0.1, -0.05) is 12.1 Å². The van der Waals surface area contributed by atoms with E-state index < -0.39 is 0 Å². The summed E-state index contributed by atoms with van der Waals surface area (Å²) in [6, 6.07) is 5.88. The zero-order chi connectivity index (χ0) is 19.2. The van der Waals surface area contributed by atoms with Crippen LogP contribution in [0.4, 0.5) is 9.18 Å².